The number of anilines is 1. The molecule has 1 aromatic carbocycles. The number of carbonyl (C=O) groups is 1. The molecular weight excluding hydrogens is 230 g/mol. The number of benzene rings is 1. The second-order valence-corrected chi connectivity index (χ2v) is 3.46. The van der Waals surface area contributed by atoms with E-state index in [2.05, 4.69) is 5.32 Å². The molecule has 0 saturated carbocycles. The minimum absolute atomic E-state index is 0. The molecule has 0 aliphatic carbocycles. The third-order valence-corrected chi connectivity index (χ3v) is 2.28. The van der Waals surface area contributed by atoms with Crippen molar-refractivity contribution < 1.29 is 10.3 Å². The lowest BCUT2D eigenvalue weighted by Crippen LogP contribution is -2.26. The molecule has 0 spiro atoms. The van der Waals surface area contributed by atoms with Gasteiger partial charge in [-0.2, -0.15) is 5.26 Å². The molecule has 5 nitrogen and oxygen atoms in total. The molecule has 0 aliphatic rings. The lowest BCUT2D eigenvalue weighted by molar-refractivity contribution is 0.237. The number of nitriles is 1. The van der Waals surface area contributed by atoms with E-state index in [-0.39, 0.29) is 5.48 Å². The molecule has 16 heavy (non-hydrogen) atoms. The average molecular weight is 242 g/mol. The van der Waals surface area contributed by atoms with Gasteiger partial charge >= 0.3 is 6.03 Å². The van der Waals surface area contributed by atoms with Crippen LogP contribution in [0.25, 0.3) is 0 Å². The first-order valence-corrected chi connectivity index (χ1v) is 4.63. The fourth-order valence-corrected chi connectivity index (χ4v) is 1.10. The Morgan fingerprint density at radius 2 is 2.19 bits per heavy atom. The predicted octanol–water partition coefficient (Wildman–Crippen LogP) is 1.77. The van der Waals surface area contributed by atoms with Crippen LogP contribution in [0.1, 0.15) is 5.56 Å². The SMILES string of the molecule is Cc1ccc(NC(=O)N(C)C#N)cc1Cl.O. The van der Waals surface area contributed by atoms with E-state index >= 15 is 0 Å². The highest BCUT2D eigenvalue weighted by atomic mass is 35.5. The van der Waals surface area contributed by atoms with Gasteiger partial charge in [-0.25, -0.2) is 9.69 Å². The number of amides is 2. The van der Waals surface area contributed by atoms with E-state index in [1.807, 2.05) is 6.92 Å². The molecule has 0 bridgehead atoms. The van der Waals surface area contributed by atoms with Crippen molar-refractivity contribution in [3.8, 4) is 6.19 Å². The Morgan fingerprint density at radius 1 is 1.56 bits per heavy atom. The minimum Gasteiger partial charge on any atom is -0.412 e. The highest BCUT2D eigenvalue weighted by Gasteiger charge is 2.07. The third kappa shape index (κ3) is 3.42. The van der Waals surface area contributed by atoms with Crippen molar-refractivity contribution in [1.82, 2.24) is 4.90 Å². The van der Waals surface area contributed by atoms with Crippen LogP contribution < -0.4 is 5.32 Å². The molecule has 0 aromatic heterocycles. The van der Waals surface area contributed by atoms with Crippen molar-refractivity contribution in [3.05, 3.63) is 28.8 Å². The topological polar surface area (TPSA) is 87.6 Å². The summed E-state index contributed by atoms with van der Waals surface area (Å²) in [6, 6.07) is 4.67. The molecule has 2 amide bonds. The van der Waals surface area contributed by atoms with Gasteiger partial charge in [0, 0.05) is 17.8 Å². The maximum Gasteiger partial charge on any atom is 0.334 e. The van der Waals surface area contributed by atoms with Crippen molar-refractivity contribution in [2.24, 2.45) is 0 Å². The van der Waals surface area contributed by atoms with Crippen LogP contribution in [0.3, 0.4) is 0 Å². The van der Waals surface area contributed by atoms with E-state index in [0.29, 0.717) is 10.7 Å². The molecule has 6 heteroatoms. The molecule has 0 heterocycles. The number of aryl methyl sites for hydroxylation is 1. The van der Waals surface area contributed by atoms with Gasteiger partial charge in [0.1, 0.15) is 0 Å². The first kappa shape index (κ1) is 14.2. The molecule has 3 N–H and O–H groups in total. The zero-order valence-corrected chi connectivity index (χ0v) is 9.67. The molecule has 0 aliphatic heterocycles. The summed E-state index contributed by atoms with van der Waals surface area (Å²) in [5.41, 5.74) is 1.50. The van der Waals surface area contributed by atoms with Crippen molar-refractivity contribution in [3.63, 3.8) is 0 Å². The lowest BCUT2D eigenvalue weighted by atomic mass is 10.2. The first-order valence-electron chi connectivity index (χ1n) is 4.25. The van der Waals surface area contributed by atoms with Crippen molar-refractivity contribution in [2.75, 3.05) is 12.4 Å². The first-order chi connectivity index (χ1) is 7.04. The fourth-order valence-electron chi connectivity index (χ4n) is 0.923. The van der Waals surface area contributed by atoms with Gasteiger partial charge in [-0.05, 0) is 24.6 Å². The van der Waals surface area contributed by atoms with Gasteiger partial charge in [-0.1, -0.05) is 17.7 Å². The highest BCUT2D eigenvalue weighted by Crippen LogP contribution is 2.19. The molecule has 1 aromatic rings. The summed E-state index contributed by atoms with van der Waals surface area (Å²) in [6.07, 6.45) is 1.70. The van der Waals surface area contributed by atoms with Gasteiger partial charge < -0.3 is 10.8 Å². The Hall–Kier alpha value is -1.77. The summed E-state index contributed by atoms with van der Waals surface area (Å²) in [4.78, 5) is 12.2. The van der Waals surface area contributed by atoms with Gasteiger partial charge in [0.25, 0.3) is 0 Å². The summed E-state index contributed by atoms with van der Waals surface area (Å²) in [5, 5.41) is 11.6. The normalized spacial score (nSPS) is 8.62. The van der Waals surface area contributed by atoms with Crippen LogP contribution in [0.4, 0.5) is 10.5 Å². The van der Waals surface area contributed by atoms with E-state index < -0.39 is 6.03 Å². The van der Waals surface area contributed by atoms with Gasteiger partial charge in [-0.15, -0.1) is 0 Å². The third-order valence-electron chi connectivity index (χ3n) is 1.88. The van der Waals surface area contributed by atoms with Gasteiger partial charge in [0.05, 0.1) is 0 Å². The van der Waals surface area contributed by atoms with Gasteiger partial charge in [0.15, 0.2) is 6.19 Å². The maximum atomic E-state index is 11.3. The van der Waals surface area contributed by atoms with E-state index in [1.54, 1.807) is 24.4 Å². The fraction of sp³-hybridized carbons (Fsp3) is 0.200. The number of carbonyl (C=O) groups excluding carboxylic acids is 1. The summed E-state index contributed by atoms with van der Waals surface area (Å²) in [7, 11) is 1.38. The van der Waals surface area contributed by atoms with Crippen LogP contribution in [0, 0.1) is 18.4 Å². The highest BCUT2D eigenvalue weighted by molar-refractivity contribution is 6.31. The molecule has 86 valence electrons. The summed E-state index contributed by atoms with van der Waals surface area (Å²) in [6.45, 7) is 1.87. The lowest BCUT2D eigenvalue weighted by Gasteiger charge is -2.09. The number of urea groups is 1. The smallest absolute Gasteiger partial charge is 0.334 e. The van der Waals surface area contributed by atoms with Crippen molar-refractivity contribution >= 4 is 23.3 Å². The summed E-state index contributed by atoms with van der Waals surface area (Å²) >= 11 is 5.88. The number of nitrogens with one attached hydrogen (secondary N) is 1. The number of hydrogen-bond acceptors (Lipinski definition) is 2. The second kappa shape index (κ2) is 5.95. The van der Waals surface area contributed by atoms with Crippen LogP contribution >= 0.6 is 11.6 Å². The minimum atomic E-state index is -0.489. The zero-order valence-electron chi connectivity index (χ0n) is 8.91. The van der Waals surface area contributed by atoms with Crippen LogP contribution in [-0.2, 0) is 0 Å². The van der Waals surface area contributed by atoms with E-state index in [0.717, 1.165) is 10.5 Å². The standard InChI is InChI=1S/C10H10ClN3O.H2O/c1-7-3-4-8(5-9(7)11)13-10(15)14(2)6-12;/h3-5H,1-2H3,(H,13,15);1H2. The molecule has 0 atom stereocenters. The maximum absolute atomic E-state index is 11.3. The van der Waals surface area contributed by atoms with Gasteiger partial charge in [-0.3, -0.25) is 0 Å². The van der Waals surface area contributed by atoms with E-state index in [9.17, 15) is 4.79 Å². The number of nitrogens with zero attached hydrogens (tertiary/aromatic N) is 2. The molecule has 1 rings (SSSR count). The molecule has 0 fully saturated rings. The molecule has 0 radical (unpaired) electrons. The van der Waals surface area contributed by atoms with Crippen LogP contribution in [0.15, 0.2) is 18.2 Å². The Balaban J connectivity index is 0.00000225. The van der Waals surface area contributed by atoms with E-state index in [1.165, 1.54) is 7.05 Å². The largest absolute Gasteiger partial charge is 0.412 e. The molecule has 0 unspecified atom stereocenters. The number of halogens is 1. The monoisotopic (exact) mass is 241 g/mol. The van der Waals surface area contributed by atoms with Crippen LogP contribution in [0.2, 0.25) is 5.02 Å². The Bertz CT molecular complexity index is 429. The van der Waals surface area contributed by atoms with E-state index in [4.69, 9.17) is 16.9 Å². The zero-order chi connectivity index (χ0) is 11.4. The Kier molecular flexibility index (Phi) is 5.30. The second-order valence-electron chi connectivity index (χ2n) is 3.05. The van der Waals surface area contributed by atoms with Crippen LogP contribution in [0.5, 0.6) is 0 Å². The number of hydrogen-bond donors (Lipinski definition) is 1. The summed E-state index contributed by atoms with van der Waals surface area (Å²) in [5.74, 6) is 0. The summed E-state index contributed by atoms with van der Waals surface area (Å²) < 4.78 is 0. The van der Waals surface area contributed by atoms with Gasteiger partial charge in [0.2, 0.25) is 0 Å². The Morgan fingerprint density at radius 3 is 2.69 bits per heavy atom. The Labute approximate surface area is 98.5 Å². The number of rotatable bonds is 1. The predicted molar refractivity (Wildman–Crippen MR) is 62.2 cm³/mol. The molecular formula is C10H12ClN3O2. The van der Waals surface area contributed by atoms with Crippen LogP contribution in [-0.4, -0.2) is 23.5 Å². The molecule has 0 saturated heterocycles. The average Bonchev–Trinajstić information content (AvgIpc) is 2.22. The quantitative estimate of drug-likeness (QED) is 0.600. The van der Waals surface area contributed by atoms with Crippen molar-refractivity contribution in [2.45, 2.75) is 6.92 Å². The van der Waals surface area contributed by atoms with Crippen molar-refractivity contribution in [1.29, 1.82) is 5.26 Å².